The van der Waals surface area contributed by atoms with Crippen molar-refractivity contribution in [2.24, 2.45) is 11.3 Å². The summed E-state index contributed by atoms with van der Waals surface area (Å²) in [6, 6.07) is 0. The molecule has 1 rings (SSSR count). The van der Waals surface area contributed by atoms with Crippen LogP contribution in [0.3, 0.4) is 0 Å². The lowest BCUT2D eigenvalue weighted by Gasteiger charge is -2.29. The van der Waals surface area contributed by atoms with Crippen LogP contribution in [-0.4, -0.2) is 11.6 Å². The van der Waals surface area contributed by atoms with Crippen LogP contribution in [0.2, 0.25) is 0 Å². The molecule has 1 aliphatic rings. The van der Waals surface area contributed by atoms with Gasteiger partial charge in [-0.2, -0.15) is 0 Å². The van der Waals surface area contributed by atoms with Crippen molar-refractivity contribution in [3.8, 4) is 0 Å². The molecule has 15 heavy (non-hydrogen) atoms. The van der Waals surface area contributed by atoms with Crippen molar-refractivity contribution in [1.29, 1.82) is 0 Å². The molecule has 2 nitrogen and oxygen atoms in total. The third kappa shape index (κ3) is 2.55. The Morgan fingerprint density at radius 3 is 2.87 bits per heavy atom. The highest BCUT2D eigenvalue weighted by Crippen LogP contribution is 2.45. The van der Waals surface area contributed by atoms with Crippen LogP contribution in [0.5, 0.6) is 0 Å². The smallest absolute Gasteiger partial charge is 0.139 e. The zero-order valence-electron chi connectivity index (χ0n) is 9.71. The van der Waals surface area contributed by atoms with E-state index in [9.17, 15) is 9.59 Å². The number of rotatable bonds is 5. The Kier molecular flexibility index (Phi) is 3.83. The SMILES string of the molecule is C=CC[C@@H]1CCC(=O)[C@@]1(C)CCC(C)=O. The second kappa shape index (κ2) is 4.73. The summed E-state index contributed by atoms with van der Waals surface area (Å²) >= 11 is 0. The van der Waals surface area contributed by atoms with Gasteiger partial charge in [-0.3, -0.25) is 4.79 Å². The van der Waals surface area contributed by atoms with Gasteiger partial charge in [0.15, 0.2) is 0 Å². The minimum atomic E-state index is -0.278. The largest absolute Gasteiger partial charge is 0.300 e. The van der Waals surface area contributed by atoms with E-state index in [1.165, 1.54) is 0 Å². The van der Waals surface area contributed by atoms with Gasteiger partial charge in [0.25, 0.3) is 0 Å². The maximum atomic E-state index is 11.8. The van der Waals surface area contributed by atoms with Crippen molar-refractivity contribution in [1.82, 2.24) is 0 Å². The van der Waals surface area contributed by atoms with Crippen LogP contribution in [0.4, 0.5) is 0 Å². The molecule has 0 N–H and O–H groups in total. The van der Waals surface area contributed by atoms with Gasteiger partial charge in [0.2, 0.25) is 0 Å². The predicted molar refractivity (Wildman–Crippen MR) is 60.6 cm³/mol. The Morgan fingerprint density at radius 1 is 1.67 bits per heavy atom. The first-order valence-corrected chi connectivity index (χ1v) is 5.64. The predicted octanol–water partition coefficient (Wildman–Crippen LogP) is 2.92. The number of carbonyl (C=O) groups excluding carboxylic acids is 2. The van der Waals surface area contributed by atoms with E-state index in [2.05, 4.69) is 6.58 Å². The molecule has 0 unspecified atom stereocenters. The monoisotopic (exact) mass is 208 g/mol. The number of hydrogen-bond donors (Lipinski definition) is 0. The number of Topliss-reactive ketones (excluding diaryl/α,β-unsaturated/α-hetero) is 2. The minimum absolute atomic E-state index is 0.174. The Morgan fingerprint density at radius 2 is 2.33 bits per heavy atom. The summed E-state index contributed by atoms with van der Waals surface area (Å²) in [6.45, 7) is 7.33. The van der Waals surface area contributed by atoms with Gasteiger partial charge in [-0.05, 0) is 32.1 Å². The van der Waals surface area contributed by atoms with Crippen LogP contribution in [0, 0.1) is 11.3 Å². The number of hydrogen-bond acceptors (Lipinski definition) is 2. The number of ketones is 2. The molecule has 0 spiro atoms. The lowest BCUT2D eigenvalue weighted by Crippen LogP contribution is -2.29. The first-order valence-electron chi connectivity index (χ1n) is 5.64. The van der Waals surface area contributed by atoms with Gasteiger partial charge < -0.3 is 4.79 Å². The quantitative estimate of drug-likeness (QED) is 0.651. The fraction of sp³-hybridized carbons (Fsp3) is 0.692. The molecule has 0 bridgehead atoms. The van der Waals surface area contributed by atoms with E-state index >= 15 is 0 Å². The normalized spacial score (nSPS) is 30.5. The van der Waals surface area contributed by atoms with Gasteiger partial charge in [-0.1, -0.05) is 13.0 Å². The van der Waals surface area contributed by atoms with Gasteiger partial charge in [-0.15, -0.1) is 6.58 Å². The molecular weight excluding hydrogens is 188 g/mol. The van der Waals surface area contributed by atoms with E-state index < -0.39 is 0 Å². The molecule has 0 aromatic rings. The molecule has 0 aliphatic heterocycles. The first kappa shape index (κ1) is 12.2. The van der Waals surface area contributed by atoms with Crippen molar-refractivity contribution in [2.75, 3.05) is 0 Å². The van der Waals surface area contributed by atoms with E-state index in [4.69, 9.17) is 0 Å². The summed E-state index contributed by atoms with van der Waals surface area (Å²) in [5.41, 5.74) is -0.278. The summed E-state index contributed by atoms with van der Waals surface area (Å²) in [5.74, 6) is 0.894. The molecule has 0 aromatic carbocycles. The highest BCUT2D eigenvalue weighted by atomic mass is 16.1. The molecule has 0 radical (unpaired) electrons. The van der Waals surface area contributed by atoms with E-state index in [0.717, 1.165) is 12.8 Å². The molecule has 2 atom stereocenters. The highest BCUT2D eigenvalue weighted by molar-refractivity contribution is 5.87. The van der Waals surface area contributed by atoms with Gasteiger partial charge >= 0.3 is 0 Å². The van der Waals surface area contributed by atoms with E-state index in [0.29, 0.717) is 31.0 Å². The zero-order valence-corrected chi connectivity index (χ0v) is 9.71. The maximum Gasteiger partial charge on any atom is 0.139 e. The van der Waals surface area contributed by atoms with Crippen LogP contribution in [0.1, 0.15) is 46.0 Å². The Bertz CT molecular complexity index is 280. The average molecular weight is 208 g/mol. The Labute approximate surface area is 91.7 Å². The summed E-state index contributed by atoms with van der Waals surface area (Å²) < 4.78 is 0. The minimum Gasteiger partial charge on any atom is -0.300 e. The third-order valence-corrected chi connectivity index (χ3v) is 3.71. The van der Waals surface area contributed by atoms with Gasteiger partial charge in [0, 0.05) is 18.3 Å². The van der Waals surface area contributed by atoms with Crippen molar-refractivity contribution >= 4 is 11.6 Å². The van der Waals surface area contributed by atoms with E-state index in [-0.39, 0.29) is 11.2 Å². The first-order chi connectivity index (χ1) is 7.00. The number of carbonyl (C=O) groups is 2. The van der Waals surface area contributed by atoms with Gasteiger partial charge in [0.1, 0.15) is 11.6 Å². The summed E-state index contributed by atoms with van der Waals surface area (Å²) in [4.78, 5) is 22.8. The molecule has 0 aromatic heterocycles. The topological polar surface area (TPSA) is 34.1 Å². The van der Waals surface area contributed by atoms with Crippen LogP contribution in [-0.2, 0) is 9.59 Å². The van der Waals surface area contributed by atoms with Crippen LogP contribution in [0.15, 0.2) is 12.7 Å². The second-order valence-electron chi connectivity index (χ2n) is 4.80. The fourth-order valence-electron chi connectivity index (χ4n) is 2.50. The average Bonchev–Trinajstić information content (AvgIpc) is 2.44. The maximum absolute atomic E-state index is 11.8. The molecule has 1 saturated carbocycles. The van der Waals surface area contributed by atoms with E-state index in [1.807, 2.05) is 13.0 Å². The molecule has 1 aliphatic carbocycles. The standard InChI is InChI=1S/C13H20O2/c1-4-5-11-6-7-12(15)13(11,3)9-8-10(2)14/h4,11H,1,5-9H2,2-3H3/t11-,13+/m1/s1. The van der Waals surface area contributed by atoms with Gasteiger partial charge in [0.05, 0.1) is 0 Å². The highest BCUT2D eigenvalue weighted by Gasteiger charge is 2.44. The van der Waals surface area contributed by atoms with Crippen LogP contribution >= 0.6 is 0 Å². The van der Waals surface area contributed by atoms with Crippen molar-refractivity contribution in [3.63, 3.8) is 0 Å². The molecular formula is C13H20O2. The van der Waals surface area contributed by atoms with Crippen LogP contribution < -0.4 is 0 Å². The van der Waals surface area contributed by atoms with Gasteiger partial charge in [-0.25, -0.2) is 0 Å². The Balaban J connectivity index is 2.70. The molecule has 0 amide bonds. The van der Waals surface area contributed by atoms with Crippen molar-refractivity contribution in [2.45, 2.75) is 46.0 Å². The summed E-state index contributed by atoms with van der Waals surface area (Å²) in [6.07, 6.45) is 5.64. The molecule has 2 heteroatoms. The molecule has 0 heterocycles. The lowest BCUT2D eigenvalue weighted by atomic mass is 9.74. The number of allylic oxidation sites excluding steroid dienone is 1. The van der Waals surface area contributed by atoms with Crippen LogP contribution in [0.25, 0.3) is 0 Å². The second-order valence-corrected chi connectivity index (χ2v) is 4.80. The third-order valence-electron chi connectivity index (χ3n) is 3.71. The zero-order chi connectivity index (χ0) is 11.5. The fourth-order valence-corrected chi connectivity index (χ4v) is 2.50. The summed E-state index contributed by atoms with van der Waals surface area (Å²) in [7, 11) is 0. The van der Waals surface area contributed by atoms with Crippen molar-refractivity contribution < 1.29 is 9.59 Å². The lowest BCUT2D eigenvalue weighted by molar-refractivity contribution is -0.127. The Hall–Kier alpha value is -0.920. The molecule has 0 saturated heterocycles. The van der Waals surface area contributed by atoms with E-state index in [1.54, 1.807) is 6.92 Å². The molecule has 84 valence electrons. The molecule has 1 fully saturated rings. The summed E-state index contributed by atoms with van der Waals surface area (Å²) in [5, 5.41) is 0. The van der Waals surface area contributed by atoms with Crippen molar-refractivity contribution in [3.05, 3.63) is 12.7 Å².